The van der Waals surface area contributed by atoms with E-state index in [0.29, 0.717) is 6.17 Å². The molecule has 1 rings (SSSR count). The Kier molecular flexibility index (Phi) is 4.81. The molecule has 2 nitrogen and oxygen atoms in total. The molecule has 60 valence electrons. The Morgan fingerprint density at radius 3 is 2.10 bits per heavy atom. The molecule has 1 unspecified atom stereocenters. The fraction of sp³-hybridized carbons (Fsp3) is 0.750. The van der Waals surface area contributed by atoms with Gasteiger partial charge in [-0.2, -0.15) is 0 Å². The highest BCUT2D eigenvalue weighted by Crippen LogP contribution is 1.97. The van der Waals surface area contributed by atoms with Crippen molar-refractivity contribution in [2.75, 3.05) is 7.05 Å². The van der Waals surface area contributed by atoms with Crippen molar-refractivity contribution in [1.82, 2.24) is 10.2 Å². The van der Waals surface area contributed by atoms with Gasteiger partial charge in [-0.15, -0.1) is 0 Å². The van der Waals surface area contributed by atoms with E-state index in [9.17, 15) is 0 Å². The van der Waals surface area contributed by atoms with Gasteiger partial charge in [-0.05, 0) is 6.92 Å². The van der Waals surface area contributed by atoms with E-state index in [2.05, 4.69) is 31.0 Å². The van der Waals surface area contributed by atoms with Crippen LogP contribution in [0.15, 0.2) is 12.4 Å². The number of hydrogen-bond donors (Lipinski definition) is 1. The van der Waals surface area contributed by atoms with Gasteiger partial charge in [-0.25, -0.2) is 0 Å². The summed E-state index contributed by atoms with van der Waals surface area (Å²) in [6, 6.07) is 0. The third kappa shape index (κ3) is 3.38. The maximum atomic E-state index is 3.11. The number of hydrogen-bond acceptors (Lipinski definition) is 2. The van der Waals surface area contributed by atoms with E-state index in [0.717, 1.165) is 0 Å². The standard InChI is InChI=1S/C5H10N2.C3H8/c1-5-6-3-4-7(5)2;1-3-2/h3-6H,1-2H3;3H2,1-2H3. The van der Waals surface area contributed by atoms with E-state index in [-0.39, 0.29) is 0 Å². The second-order valence-corrected chi connectivity index (χ2v) is 2.53. The topological polar surface area (TPSA) is 15.3 Å². The van der Waals surface area contributed by atoms with E-state index >= 15 is 0 Å². The third-order valence-electron chi connectivity index (χ3n) is 1.26. The van der Waals surface area contributed by atoms with Crippen LogP contribution in [0.3, 0.4) is 0 Å². The Hall–Kier alpha value is -0.660. The molecule has 0 saturated carbocycles. The van der Waals surface area contributed by atoms with Crippen molar-refractivity contribution in [3.63, 3.8) is 0 Å². The predicted octanol–water partition coefficient (Wildman–Crippen LogP) is 1.75. The first-order valence-electron chi connectivity index (χ1n) is 3.87. The van der Waals surface area contributed by atoms with Gasteiger partial charge in [-0.3, -0.25) is 0 Å². The summed E-state index contributed by atoms with van der Waals surface area (Å²) in [6.07, 6.45) is 5.70. The molecule has 1 N–H and O–H groups in total. The van der Waals surface area contributed by atoms with Crippen molar-refractivity contribution in [3.8, 4) is 0 Å². The lowest BCUT2D eigenvalue weighted by atomic mass is 10.6. The number of nitrogens with one attached hydrogen (secondary N) is 1. The summed E-state index contributed by atoms with van der Waals surface area (Å²) in [5.74, 6) is 0. The molecule has 0 spiro atoms. The first-order valence-corrected chi connectivity index (χ1v) is 3.87. The van der Waals surface area contributed by atoms with Crippen LogP contribution in [-0.4, -0.2) is 18.1 Å². The van der Waals surface area contributed by atoms with E-state index in [1.165, 1.54) is 6.42 Å². The minimum Gasteiger partial charge on any atom is -0.370 e. The van der Waals surface area contributed by atoms with Crippen LogP contribution in [0, 0.1) is 0 Å². The highest BCUT2D eigenvalue weighted by Gasteiger charge is 2.04. The van der Waals surface area contributed by atoms with Gasteiger partial charge < -0.3 is 10.2 Å². The van der Waals surface area contributed by atoms with E-state index in [1.807, 2.05) is 19.4 Å². The Bertz CT molecular complexity index is 99.4. The van der Waals surface area contributed by atoms with Crippen LogP contribution in [0.1, 0.15) is 27.2 Å². The first kappa shape index (κ1) is 9.34. The summed E-state index contributed by atoms with van der Waals surface area (Å²) in [6.45, 7) is 6.36. The summed E-state index contributed by atoms with van der Waals surface area (Å²) >= 11 is 0. The van der Waals surface area contributed by atoms with Gasteiger partial charge in [0, 0.05) is 19.4 Å². The van der Waals surface area contributed by atoms with E-state index < -0.39 is 0 Å². The third-order valence-corrected chi connectivity index (χ3v) is 1.26. The van der Waals surface area contributed by atoms with Crippen LogP contribution in [0.2, 0.25) is 0 Å². The molecule has 1 heterocycles. The molecule has 2 heteroatoms. The summed E-state index contributed by atoms with van der Waals surface area (Å²) < 4.78 is 0. The number of nitrogens with zero attached hydrogens (tertiary/aromatic N) is 1. The molecule has 1 aliphatic rings. The van der Waals surface area contributed by atoms with Crippen LogP contribution in [0.5, 0.6) is 0 Å². The van der Waals surface area contributed by atoms with E-state index in [4.69, 9.17) is 0 Å². The largest absolute Gasteiger partial charge is 0.370 e. The Labute approximate surface area is 63.9 Å². The molecular weight excluding hydrogens is 124 g/mol. The Balaban J connectivity index is 0.000000236. The molecule has 0 aromatic carbocycles. The monoisotopic (exact) mass is 142 g/mol. The van der Waals surface area contributed by atoms with Crippen molar-refractivity contribution in [2.45, 2.75) is 33.4 Å². The average molecular weight is 142 g/mol. The van der Waals surface area contributed by atoms with Gasteiger partial charge in [0.1, 0.15) is 0 Å². The lowest BCUT2D eigenvalue weighted by molar-refractivity contribution is 0.356. The Morgan fingerprint density at radius 1 is 1.50 bits per heavy atom. The zero-order valence-corrected chi connectivity index (χ0v) is 7.39. The molecule has 0 aromatic rings. The Morgan fingerprint density at radius 2 is 2.00 bits per heavy atom. The van der Waals surface area contributed by atoms with Gasteiger partial charge in [0.25, 0.3) is 0 Å². The van der Waals surface area contributed by atoms with Gasteiger partial charge in [0.2, 0.25) is 0 Å². The molecule has 0 amide bonds. The van der Waals surface area contributed by atoms with E-state index in [1.54, 1.807) is 0 Å². The molecule has 0 fully saturated rings. The second-order valence-electron chi connectivity index (χ2n) is 2.53. The fourth-order valence-corrected chi connectivity index (χ4v) is 0.547. The highest BCUT2D eigenvalue weighted by molar-refractivity contribution is 4.89. The fourth-order valence-electron chi connectivity index (χ4n) is 0.547. The van der Waals surface area contributed by atoms with Crippen LogP contribution in [0.4, 0.5) is 0 Å². The summed E-state index contributed by atoms with van der Waals surface area (Å²) in [5, 5.41) is 3.11. The van der Waals surface area contributed by atoms with Crippen LogP contribution >= 0.6 is 0 Å². The lowest BCUT2D eigenvalue weighted by Crippen LogP contribution is -2.28. The molecule has 0 saturated heterocycles. The number of rotatable bonds is 0. The molecule has 0 bridgehead atoms. The zero-order chi connectivity index (χ0) is 7.98. The summed E-state index contributed by atoms with van der Waals surface area (Å²) in [5.41, 5.74) is 0. The predicted molar refractivity (Wildman–Crippen MR) is 45.5 cm³/mol. The summed E-state index contributed by atoms with van der Waals surface area (Å²) in [4.78, 5) is 2.11. The van der Waals surface area contributed by atoms with Crippen molar-refractivity contribution >= 4 is 0 Å². The van der Waals surface area contributed by atoms with Crippen molar-refractivity contribution in [2.24, 2.45) is 0 Å². The van der Waals surface area contributed by atoms with Gasteiger partial charge in [-0.1, -0.05) is 20.3 Å². The average Bonchev–Trinajstić information content (AvgIpc) is 2.19. The zero-order valence-electron chi connectivity index (χ0n) is 7.39. The van der Waals surface area contributed by atoms with Crippen LogP contribution in [-0.2, 0) is 0 Å². The molecular formula is C8H18N2. The maximum absolute atomic E-state index is 3.11. The minimum absolute atomic E-state index is 0.486. The molecule has 0 radical (unpaired) electrons. The minimum atomic E-state index is 0.486. The molecule has 0 aromatic heterocycles. The molecule has 1 atom stereocenters. The van der Waals surface area contributed by atoms with Gasteiger partial charge in [0.15, 0.2) is 0 Å². The lowest BCUT2D eigenvalue weighted by Gasteiger charge is -2.14. The second kappa shape index (κ2) is 5.15. The van der Waals surface area contributed by atoms with Crippen molar-refractivity contribution in [3.05, 3.63) is 12.4 Å². The van der Waals surface area contributed by atoms with Crippen LogP contribution in [0.25, 0.3) is 0 Å². The first-order chi connectivity index (χ1) is 4.72. The van der Waals surface area contributed by atoms with Gasteiger partial charge in [0.05, 0.1) is 6.17 Å². The maximum Gasteiger partial charge on any atom is 0.0949 e. The van der Waals surface area contributed by atoms with Crippen molar-refractivity contribution in [1.29, 1.82) is 0 Å². The molecule has 0 aliphatic carbocycles. The van der Waals surface area contributed by atoms with Gasteiger partial charge >= 0.3 is 0 Å². The smallest absolute Gasteiger partial charge is 0.0949 e. The summed E-state index contributed by atoms with van der Waals surface area (Å²) in [7, 11) is 2.04. The van der Waals surface area contributed by atoms with Crippen LogP contribution < -0.4 is 5.32 Å². The quantitative estimate of drug-likeness (QED) is 0.554. The molecule has 10 heavy (non-hydrogen) atoms. The molecule has 1 aliphatic heterocycles. The normalized spacial score (nSPS) is 21.6. The SMILES string of the molecule is CC1NC=CN1C.CCC. The van der Waals surface area contributed by atoms with Crippen molar-refractivity contribution < 1.29 is 0 Å². The highest BCUT2D eigenvalue weighted by atomic mass is 15.3.